The van der Waals surface area contributed by atoms with E-state index in [0.717, 1.165) is 0 Å². The Morgan fingerprint density at radius 3 is 2.00 bits per heavy atom. The second kappa shape index (κ2) is 6.16. The first kappa shape index (κ1) is 17.6. The number of carbonyl (C=O) groups excluding carboxylic acids is 1. The highest BCUT2D eigenvalue weighted by Gasteiger charge is 2.41. The molecule has 0 aromatic rings. The van der Waals surface area contributed by atoms with Gasteiger partial charge in [-0.05, 0) is 31.0 Å². The molecule has 18 heavy (non-hydrogen) atoms. The smallest absolute Gasteiger partial charge is 0.192 e. The molecule has 0 N–H and O–H groups in total. The lowest BCUT2D eigenvalue weighted by Crippen LogP contribution is -2.48. The zero-order valence-corrected chi connectivity index (χ0v) is 14.3. The van der Waals surface area contributed by atoms with Crippen molar-refractivity contribution in [2.75, 3.05) is 0 Å². The van der Waals surface area contributed by atoms with E-state index in [1.54, 1.807) is 6.92 Å². The third-order valence-corrected chi connectivity index (χ3v) is 8.73. The van der Waals surface area contributed by atoms with E-state index < -0.39 is 8.32 Å². The van der Waals surface area contributed by atoms with Crippen LogP contribution in [0, 0.1) is 11.8 Å². The van der Waals surface area contributed by atoms with Crippen molar-refractivity contribution in [2.24, 2.45) is 11.8 Å². The predicted octanol–water partition coefficient (Wildman–Crippen LogP) is 4.42. The van der Waals surface area contributed by atoms with Crippen LogP contribution in [-0.4, -0.2) is 20.2 Å². The van der Waals surface area contributed by atoms with Gasteiger partial charge in [0.25, 0.3) is 0 Å². The highest BCUT2D eigenvalue weighted by atomic mass is 28.4. The molecule has 0 rings (SSSR count). The summed E-state index contributed by atoms with van der Waals surface area (Å²) in [4.78, 5) is 11.6. The van der Waals surface area contributed by atoms with Crippen molar-refractivity contribution in [1.82, 2.24) is 0 Å². The van der Waals surface area contributed by atoms with E-state index in [-0.39, 0.29) is 28.8 Å². The fourth-order valence-electron chi connectivity index (χ4n) is 1.55. The van der Waals surface area contributed by atoms with E-state index in [1.807, 2.05) is 13.0 Å². The molecule has 0 aromatic carbocycles. The topological polar surface area (TPSA) is 26.3 Å². The molecule has 0 radical (unpaired) electrons. The number of Topliss-reactive ketones (excluding diaryl/α,β-unsaturated/α-hetero) is 1. The average molecular weight is 270 g/mol. The van der Waals surface area contributed by atoms with E-state index in [1.165, 1.54) is 0 Å². The average Bonchev–Trinajstić information content (AvgIpc) is 2.22. The number of hydrogen-bond acceptors (Lipinski definition) is 2. The number of carbonyl (C=O) groups is 1. The highest BCUT2D eigenvalue weighted by Crippen LogP contribution is 2.39. The van der Waals surface area contributed by atoms with Gasteiger partial charge in [0.15, 0.2) is 8.32 Å². The minimum atomic E-state index is -1.86. The molecule has 0 bridgehead atoms. The van der Waals surface area contributed by atoms with Crippen LogP contribution in [0.25, 0.3) is 0 Å². The van der Waals surface area contributed by atoms with E-state index in [2.05, 4.69) is 47.4 Å². The van der Waals surface area contributed by atoms with Crippen LogP contribution < -0.4 is 0 Å². The maximum Gasteiger partial charge on any atom is 0.192 e. The maximum atomic E-state index is 11.6. The van der Waals surface area contributed by atoms with Crippen LogP contribution in [-0.2, 0) is 9.22 Å². The summed E-state index contributed by atoms with van der Waals surface area (Å²) in [6.07, 6.45) is 1.83. The van der Waals surface area contributed by atoms with Gasteiger partial charge in [-0.3, -0.25) is 4.79 Å². The van der Waals surface area contributed by atoms with Crippen molar-refractivity contribution in [3.8, 4) is 0 Å². The van der Waals surface area contributed by atoms with Crippen LogP contribution >= 0.6 is 0 Å². The Bertz CT molecular complexity index is 302. The predicted molar refractivity (Wildman–Crippen MR) is 81.3 cm³/mol. The lowest BCUT2D eigenvalue weighted by atomic mass is 9.91. The van der Waals surface area contributed by atoms with Crippen LogP contribution in [0.5, 0.6) is 0 Å². The van der Waals surface area contributed by atoms with E-state index in [0.29, 0.717) is 0 Å². The van der Waals surface area contributed by atoms with Crippen molar-refractivity contribution in [1.29, 1.82) is 0 Å². The molecule has 3 atom stereocenters. The van der Waals surface area contributed by atoms with Crippen LogP contribution in [0.15, 0.2) is 12.7 Å². The molecule has 2 nitrogen and oxygen atoms in total. The zero-order chi connectivity index (χ0) is 14.7. The molecule has 3 heteroatoms. The first-order valence-electron chi connectivity index (χ1n) is 6.75. The summed E-state index contributed by atoms with van der Waals surface area (Å²) in [6.45, 7) is 20.6. The Hall–Kier alpha value is -0.413. The first-order valence-corrected chi connectivity index (χ1v) is 9.65. The summed E-state index contributed by atoms with van der Waals surface area (Å²) < 4.78 is 6.42. The SMILES string of the molecule is C=C[C@@H](C)[C@@H](O[Si](C)(C)C(C)(C)C)[C@H](C)C(C)=O. The summed E-state index contributed by atoms with van der Waals surface area (Å²) in [5.41, 5.74) is 0. The molecule has 0 fully saturated rings. The molecule has 0 aliphatic carbocycles. The van der Waals surface area contributed by atoms with Crippen molar-refractivity contribution in [3.63, 3.8) is 0 Å². The van der Waals surface area contributed by atoms with Crippen LogP contribution in [0.4, 0.5) is 0 Å². The Morgan fingerprint density at radius 2 is 1.72 bits per heavy atom. The van der Waals surface area contributed by atoms with Crippen LogP contribution in [0.1, 0.15) is 41.5 Å². The van der Waals surface area contributed by atoms with Gasteiger partial charge < -0.3 is 4.43 Å². The number of hydrogen-bond donors (Lipinski definition) is 0. The van der Waals surface area contributed by atoms with Crippen molar-refractivity contribution >= 4 is 14.1 Å². The Kier molecular flexibility index (Phi) is 6.01. The van der Waals surface area contributed by atoms with Crippen molar-refractivity contribution < 1.29 is 9.22 Å². The normalized spacial score (nSPS) is 18.0. The van der Waals surface area contributed by atoms with Gasteiger partial charge in [0.05, 0.1) is 6.10 Å². The molecule has 0 saturated carbocycles. The zero-order valence-electron chi connectivity index (χ0n) is 13.3. The fourth-order valence-corrected chi connectivity index (χ4v) is 3.00. The van der Waals surface area contributed by atoms with Gasteiger partial charge in [0, 0.05) is 5.92 Å². The molecule has 106 valence electrons. The van der Waals surface area contributed by atoms with Gasteiger partial charge in [-0.15, -0.1) is 6.58 Å². The van der Waals surface area contributed by atoms with Crippen LogP contribution in [0.2, 0.25) is 18.1 Å². The molecule has 0 aromatic heterocycles. The molecule has 0 amide bonds. The summed E-state index contributed by atoms with van der Waals surface area (Å²) in [7, 11) is -1.86. The van der Waals surface area contributed by atoms with Gasteiger partial charge in [-0.2, -0.15) is 0 Å². The first-order chi connectivity index (χ1) is 7.94. The fraction of sp³-hybridized carbons (Fsp3) is 0.800. The van der Waals surface area contributed by atoms with Gasteiger partial charge in [-0.1, -0.05) is 40.7 Å². The second-order valence-corrected chi connectivity index (χ2v) is 11.6. The standard InChI is InChI=1S/C15H30O2Si/c1-10-11(2)14(12(3)13(4)16)17-18(8,9)15(5,6)7/h10-12,14H,1H2,2-9H3/t11-,12-,14-/m1/s1. The third kappa shape index (κ3) is 4.36. The van der Waals surface area contributed by atoms with E-state index >= 15 is 0 Å². The highest BCUT2D eigenvalue weighted by molar-refractivity contribution is 6.74. The Labute approximate surface area is 114 Å². The van der Waals surface area contributed by atoms with Gasteiger partial charge >= 0.3 is 0 Å². The summed E-state index contributed by atoms with van der Waals surface area (Å²) in [5, 5.41) is 0.155. The lowest BCUT2D eigenvalue weighted by molar-refractivity contribution is -0.123. The summed E-state index contributed by atoms with van der Waals surface area (Å²) in [5.74, 6) is 0.303. The Balaban J connectivity index is 5.14. The van der Waals surface area contributed by atoms with Gasteiger partial charge in [0.1, 0.15) is 5.78 Å². The Morgan fingerprint density at radius 1 is 1.28 bits per heavy atom. The van der Waals surface area contributed by atoms with Gasteiger partial charge in [-0.25, -0.2) is 0 Å². The molecule has 0 aliphatic heterocycles. The maximum absolute atomic E-state index is 11.6. The second-order valence-electron chi connectivity index (χ2n) is 6.84. The minimum absolute atomic E-state index is 0.0547. The monoisotopic (exact) mass is 270 g/mol. The largest absolute Gasteiger partial charge is 0.413 e. The van der Waals surface area contributed by atoms with Crippen molar-refractivity contribution in [3.05, 3.63) is 12.7 Å². The molecule has 0 unspecified atom stereocenters. The van der Waals surface area contributed by atoms with Crippen LogP contribution in [0.3, 0.4) is 0 Å². The lowest BCUT2D eigenvalue weighted by Gasteiger charge is -2.42. The number of ketones is 1. The third-order valence-electron chi connectivity index (χ3n) is 4.26. The molecule has 0 spiro atoms. The summed E-state index contributed by atoms with van der Waals surface area (Å²) >= 11 is 0. The molecule has 0 aliphatic rings. The van der Waals surface area contributed by atoms with E-state index in [4.69, 9.17) is 4.43 Å². The molecule has 0 heterocycles. The number of rotatable bonds is 6. The van der Waals surface area contributed by atoms with Crippen molar-refractivity contribution in [2.45, 2.75) is 65.8 Å². The van der Waals surface area contributed by atoms with E-state index in [9.17, 15) is 4.79 Å². The minimum Gasteiger partial charge on any atom is -0.413 e. The molecular formula is C15H30O2Si. The summed E-state index contributed by atoms with van der Waals surface area (Å²) in [6, 6.07) is 0. The molecule has 0 saturated heterocycles. The van der Waals surface area contributed by atoms with Gasteiger partial charge in [0.2, 0.25) is 0 Å². The molecular weight excluding hydrogens is 240 g/mol. The quantitative estimate of drug-likeness (QED) is 0.527.